The molecule has 1 rings (SSSR count). The van der Waals surface area contributed by atoms with Crippen molar-refractivity contribution >= 4 is 5.91 Å². The average molecular weight is 266 g/mol. The van der Waals surface area contributed by atoms with E-state index in [1.807, 2.05) is 6.92 Å². The van der Waals surface area contributed by atoms with Gasteiger partial charge in [0.15, 0.2) is 0 Å². The number of hydrogen-bond acceptors (Lipinski definition) is 2. The van der Waals surface area contributed by atoms with E-state index >= 15 is 0 Å². The fourth-order valence-corrected chi connectivity index (χ4v) is 1.68. The Bertz CT molecular complexity index is 390. The van der Waals surface area contributed by atoms with Crippen LogP contribution in [0.15, 0.2) is 24.3 Å². The van der Waals surface area contributed by atoms with Gasteiger partial charge in [-0.15, -0.1) is 0 Å². The Morgan fingerprint density at radius 1 is 1.21 bits per heavy atom. The lowest BCUT2D eigenvalue weighted by Crippen LogP contribution is -2.35. The fraction of sp³-hybridized carbons (Fsp3) is 0.533. The first kappa shape index (κ1) is 15.6. The molecule has 3 nitrogen and oxygen atoms in total. The van der Waals surface area contributed by atoms with E-state index in [1.54, 1.807) is 12.1 Å². The molecule has 106 valence electrons. The third kappa shape index (κ3) is 6.34. The maximum Gasteiger partial charge on any atom is 0.233 e. The molecule has 0 saturated heterocycles. The minimum atomic E-state index is -0.248. The molecule has 1 aromatic rings. The van der Waals surface area contributed by atoms with Gasteiger partial charge in [0.25, 0.3) is 0 Å². The monoisotopic (exact) mass is 266 g/mol. The zero-order valence-corrected chi connectivity index (χ0v) is 11.9. The predicted molar refractivity (Wildman–Crippen MR) is 75.3 cm³/mol. The normalized spacial score (nSPS) is 12.5. The Hall–Kier alpha value is -1.42. The summed E-state index contributed by atoms with van der Waals surface area (Å²) in [6, 6.07) is 6.33. The quantitative estimate of drug-likeness (QED) is 0.796. The first-order valence-corrected chi connectivity index (χ1v) is 6.74. The summed E-state index contributed by atoms with van der Waals surface area (Å²) in [6.45, 7) is 7.19. The molecule has 0 aromatic heterocycles. The summed E-state index contributed by atoms with van der Waals surface area (Å²) in [6.07, 6.45) is 0.985. The summed E-state index contributed by atoms with van der Waals surface area (Å²) in [7, 11) is 0. The summed E-state index contributed by atoms with van der Waals surface area (Å²) < 4.78 is 12.8. The van der Waals surface area contributed by atoms with E-state index < -0.39 is 0 Å². The van der Waals surface area contributed by atoms with Crippen molar-refractivity contribution in [1.29, 1.82) is 0 Å². The summed E-state index contributed by atoms with van der Waals surface area (Å²) in [4.78, 5) is 11.6. The largest absolute Gasteiger partial charge is 0.355 e. The topological polar surface area (TPSA) is 41.1 Å². The van der Waals surface area contributed by atoms with Crippen LogP contribution in [0.1, 0.15) is 38.8 Å². The SMILES string of the molecule is CC(C)CCNC(=O)CN[C@@H](C)c1ccc(F)cc1. The van der Waals surface area contributed by atoms with Crippen molar-refractivity contribution in [3.63, 3.8) is 0 Å². The number of carbonyl (C=O) groups is 1. The second-order valence-electron chi connectivity index (χ2n) is 5.19. The van der Waals surface area contributed by atoms with Crippen molar-refractivity contribution in [2.24, 2.45) is 5.92 Å². The Balaban J connectivity index is 2.27. The van der Waals surface area contributed by atoms with E-state index in [2.05, 4.69) is 24.5 Å². The first-order valence-electron chi connectivity index (χ1n) is 6.74. The van der Waals surface area contributed by atoms with E-state index in [0.29, 0.717) is 12.5 Å². The highest BCUT2D eigenvalue weighted by Crippen LogP contribution is 2.12. The zero-order chi connectivity index (χ0) is 14.3. The van der Waals surface area contributed by atoms with Crippen LogP contribution < -0.4 is 10.6 Å². The average Bonchev–Trinajstić information content (AvgIpc) is 2.36. The van der Waals surface area contributed by atoms with Crippen LogP contribution in [-0.4, -0.2) is 19.0 Å². The Morgan fingerprint density at radius 2 is 1.84 bits per heavy atom. The molecule has 0 saturated carbocycles. The van der Waals surface area contributed by atoms with E-state index in [0.717, 1.165) is 12.0 Å². The lowest BCUT2D eigenvalue weighted by atomic mass is 10.1. The van der Waals surface area contributed by atoms with Gasteiger partial charge >= 0.3 is 0 Å². The van der Waals surface area contributed by atoms with Gasteiger partial charge in [0.2, 0.25) is 5.91 Å². The van der Waals surface area contributed by atoms with Crippen molar-refractivity contribution < 1.29 is 9.18 Å². The molecule has 4 heteroatoms. The molecule has 0 radical (unpaired) electrons. The molecule has 0 aliphatic heterocycles. The molecule has 0 aliphatic carbocycles. The highest BCUT2D eigenvalue weighted by atomic mass is 19.1. The second kappa shape index (κ2) is 7.89. The van der Waals surface area contributed by atoms with Crippen LogP contribution in [0, 0.1) is 11.7 Å². The van der Waals surface area contributed by atoms with E-state index in [4.69, 9.17) is 0 Å². The number of rotatable bonds is 7. The first-order chi connectivity index (χ1) is 8.99. The standard InChI is InChI=1S/C15H23FN2O/c1-11(2)8-9-17-15(19)10-18-12(3)13-4-6-14(16)7-5-13/h4-7,11-12,18H,8-10H2,1-3H3,(H,17,19)/t12-/m0/s1. The molecular weight excluding hydrogens is 243 g/mol. The van der Waals surface area contributed by atoms with Gasteiger partial charge in [0.1, 0.15) is 5.82 Å². The highest BCUT2D eigenvalue weighted by Gasteiger charge is 2.07. The van der Waals surface area contributed by atoms with Crippen LogP contribution in [0.4, 0.5) is 4.39 Å². The van der Waals surface area contributed by atoms with Gasteiger partial charge in [-0.05, 0) is 37.0 Å². The molecule has 0 unspecified atom stereocenters. The fourth-order valence-electron chi connectivity index (χ4n) is 1.68. The van der Waals surface area contributed by atoms with E-state index in [9.17, 15) is 9.18 Å². The molecule has 1 aromatic carbocycles. The van der Waals surface area contributed by atoms with Crippen molar-refractivity contribution in [1.82, 2.24) is 10.6 Å². The lowest BCUT2D eigenvalue weighted by Gasteiger charge is -2.14. The molecule has 0 heterocycles. The van der Waals surface area contributed by atoms with Crippen molar-refractivity contribution in [3.8, 4) is 0 Å². The number of halogens is 1. The van der Waals surface area contributed by atoms with Gasteiger partial charge in [-0.1, -0.05) is 26.0 Å². The molecular formula is C15H23FN2O. The summed E-state index contributed by atoms with van der Waals surface area (Å²) in [5, 5.41) is 5.99. The minimum Gasteiger partial charge on any atom is -0.355 e. The summed E-state index contributed by atoms with van der Waals surface area (Å²) >= 11 is 0. The molecule has 1 atom stereocenters. The van der Waals surface area contributed by atoms with Crippen LogP contribution in [0.25, 0.3) is 0 Å². The number of carbonyl (C=O) groups excluding carboxylic acids is 1. The van der Waals surface area contributed by atoms with Crippen LogP contribution in [0.2, 0.25) is 0 Å². The molecule has 0 aliphatic rings. The lowest BCUT2D eigenvalue weighted by molar-refractivity contribution is -0.120. The van der Waals surface area contributed by atoms with Gasteiger partial charge in [-0.3, -0.25) is 4.79 Å². The number of benzene rings is 1. The minimum absolute atomic E-state index is 0.00499. The van der Waals surface area contributed by atoms with Gasteiger partial charge in [0.05, 0.1) is 6.54 Å². The maximum atomic E-state index is 12.8. The third-order valence-corrected chi connectivity index (χ3v) is 2.98. The van der Waals surface area contributed by atoms with Crippen molar-refractivity contribution in [2.75, 3.05) is 13.1 Å². The van der Waals surface area contributed by atoms with Crippen molar-refractivity contribution in [2.45, 2.75) is 33.2 Å². The molecule has 0 bridgehead atoms. The Labute approximate surface area is 114 Å². The van der Waals surface area contributed by atoms with Crippen LogP contribution in [0.5, 0.6) is 0 Å². The number of hydrogen-bond donors (Lipinski definition) is 2. The van der Waals surface area contributed by atoms with Crippen LogP contribution in [0.3, 0.4) is 0 Å². The van der Waals surface area contributed by atoms with Gasteiger partial charge < -0.3 is 10.6 Å². The van der Waals surface area contributed by atoms with E-state index in [1.165, 1.54) is 12.1 Å². The molecule has 2 N–H and O–H groups in total. The predicted octanol–water partition coefficient (Wildman–Crippen LogP) is 2.64. The Morgan fingerprint density at radius 3 is 2.42 bits per heavy atom. The highest BCUT2D eigenvalue weighted by molar-refractivity contribution is 5.77. The Kier molecular flexibility index (Phi) is 6.50. The van der Waals surface area contributed by atoms with Crippen LogP contribution >= 0.6 is 0 Å². The molecule has 1 amide bonds. The molecule has 0 spiro atoms. The van der Waals surface area contributed by atoms with Gasteiger partial charge in [-0.25, -0.2) is 4.39 Å². The zero-order valence-electron chi connectivity index (χ0n) is 11.9. The summed E-state index contributed by atoms with van der Waals surface area (Å²) in [5.41, 5.74) is 0.969. The van der Waals surface area contributed by atoms with Gasteiger partial charge in [-0.2, -0.15) is 0 Å². The molecule has 0 fully saturated rings. The van der Waals surface area contributed by atoms with Gasteiger partial charge in [0, 0.05) is 12.6 Å². The molecule has 19 heavy (non-hydrogen) atoms. The third-order valence-electron chi connectivity index (χ3n) is 2.98. The number of amides is 1. The maximum absolute atomic E-state index is 12.8. The van der Waals surface area contributed by atoms with E-state index in [-0.39, 0.29) is 24.3 Å². The summed E-state index contributed by atoms with van der Waals surface area (Å²) in [5.74, 6) is 0.336. The van der Waals surface area contributed by atoms with Crippen LogP contribution in [-0.2, 0) is 4.79 Å². The second-order valence-corrected chi connectivity index (χ2v) is 5.19. The number of nitrogens with one attached hydrogen (secondary N) is 2. The van der Waals surface area contributed by atoms with Crippen molar-refractivity contribution in [3.05, 3.63) is 35.6 Å². The smallest absolute Gasteiger partial charge is 0.233 e.